The molecule has 0 amide bonds. The van der Waals surface area contributed by atoms with Crippen LogP contribution < -0.4 is 10.6 Å². The second-order valence-electron chi connectivity index (χ2n) is 4.73. The van der Waals surface area contributed by atoms with Crippen LogP contribution >= 0.6 is 0 Å². The Labute approximate surface area is 95.8 Å². The van der Waals surface area contributed by atoms with Crippen molar-refractivity contribution < 1.29 is 5.11 Å². The van der Waals surface area contributed by atoms with Gasteiger partial charge in [0, 0.05) is 20.1 Å². The van der Waals surface area contributed by atoms with Gasteiger partial charge < -0.3 is 15.7 Å². The number of hydrogen-bond acceptors (Lipinski definition) is 4. The van der Waals surface area contributed by atoms with E-state index in [0.717, 1.165) is 30.2 Å². The van der Waals surface area contributed by atoms with E-state index in [0.29, 0.717) is 12.5 Å². The van der Waals surface area contributed by atoms with Gasteiger partial charge in [-0.25, -0.2) is 0 Å². The van der Waals surface area contributed by atoms with Crippen molar-refractivity contribution in [2.75, 3.05) is 23.7 Å². The Morgan fingerprint density at radius 1 is 1.50 bits per heavy atom. The quantitative estimate of drug-likeness (QED) is 0.729. The number of β-amino-alcohol motifs (C(OH)–C–C–N with tert-alkyl or cyclic N) is 1. The van der Waals surface area contributed by atoms with E-state index in [1.54, 1.807) is 4.68 Å². The minimum atomic E-state index is -0.275. The maximum absolute atomic E-state index is 9.89. The van der Waals surface area contributed by atoms with Crippen LogP contribution in [0.2, 0.25) is 0 Å². The third-order valence-corrected chi connectivity index (χ3v) is 3.46. The molecule has 1 saturated heterocycles. The van der Waals surface area contributed by atoms with E-state index in [1.165, 1.54) is 0 Å². The van der Waals surface area contributed by atoms with E-state index >= 15 is 0 Å². The Kier molecular flexibility index (Phi) is 2.80. The third kappa shape index (κ3) is 1.75. The lowest BCUT2D eigenvalue weighted by molar-refractivity contribution is 0.102. The zero-order valence-corrected chi connectivity index (χ0v) is 10.1. The molecule has 0 spiro atoms. The van der Waals surface area contributed by atoms with E-state index in [9.17, 15) is 5.11 Å². The number of nitrogens with two attached hydrogens (primary N) is 1. The van der Waals surface area contributed by atoms with Gasteiger partial charge in [0.1, 0.15) is 5.82 Å². The van der Waals surface area contributed by atoms with Crippen molar-refractivity contribution in [3.63, 3.8) is 0 Å². The molecule has 0 aliphatic carbocycles. The molecule has 0 bridgehead atoms. The number of piperidine rings is 1. The van der Waals surface area contributed by atoms with E-state index in [4.69, 9.17) is 5.73 Å². The number of aryl methyl sites for hydroxylation is 2. The van der Waals surface area contributed by atoms with Crippen LogP contribution in [0, 0.1) is 12.8 Å². The molecule has 1 aromatic rings. The van der Waals surface area contributed by atoms with E-state index < -0.39 is 0 Å². The highest BCUT2D eigenvalue weighted by atomic mass is 16.3. The monoisotopic (exact) mass is 224 g/mol. The van der Waals surface area contributed by atoms with Crippen molar-refractivity contribution >= 4 is 11.5 Å². The molecular weight excluding hydrogens is 204 g/mol. The number of hydrogen-bond donors (Lipinski definition) is 2. The molecule has 5 heteroatoms. The molecule has 2 unspecified atom stereocenters. The van der Waals surface area contributed by atoms with Gasteiger partial charge in [0.25, 0.3) is 0 Å². The number of nitrogen functional groups attached to an aromatic ring is 1. The molecule has 0 aromatic carbocycles. The van der Waals surface area contributed by atoms with Crippen LogP contribution in [0.5, 0.6) is 0 Å². The highest BCUT2D eigenvalue weighted by Crippen LogP contribution is 2.29. The molecule has 1 aliphatic rings. The van der Waals surface area contributed by atoms with Crippen LogP contribution in [0.1, 0.15) is 19.0 Å². The number of aliphatic hydroxyl groups excluding tert-OH is 1. The van der Waals surface area contributed by atoms with E-state index in [-0.39, 0.29) is 6.10 Å². The fraction of sp³-hybridized carbons (Fsp3) is 0.727. The highest BCUT2D eigenvalue weighted by molar-refractivity contribution is 5.66. The van der Waals surface area contributed by atoms with E-state index in [2.05, 4.69) is 16.9 Å². The maximum atomic E-state index is 9.89. The zero-order valence-electron chi connectivity index (χ0n) is 10.1. The first-order valence-electron chi connectivity index (χ1n) is 5.72. The minimum absolute atomic E-state index is 0.275. The number of anilines is 2. The molecule has 1 fully saturated rings. The normalized spacial score (nSPS) is 26.1. The predicted octanol–water partition coefficient (Wildman–Crippen LogP) is 0.518. The molecule has 2 rings (SSSR count). The number of rotatable bonds is 1. The molecule has 1 aromatic heterocycles. The van der Waals surface area contributed by atoms with Gasteiger partial charge in [0.05, 0.1) is 17.5 Å². The van der Waals surface area contributed by atoms with Crippen LogP contribution in [0.15, 0.2) is 0 Å². The van der Waals surface area contributed by atoms with Crippen LogP contribution in [0.3, 0.4) is 0 Å². The number of aliphatic hydroxyl groups is 1. The standard InChI is InChI=1S/C11H20N4O/c1-7-4-5-15(6-9(7)16)11-10(12)8(2)13-14(11)3/h7,9,16H,4-6,12H2,1-3H3. The molecule has 3 N–H and O–H groups in total. The zero-order chi connectivity index (χ0) is 11.9. The van der Waals surface area contributed by atoms with Crippen molar-refractivity contribution in [3.8, 4) is 0 Å². The summed E-state index contributed by atoms with van der Waals surface area (Å²) in [4.78, 5) is 2.12. The first-order valence-corrected chi connectivity index (χ1v) is 5.72. The van der Waals surface area contributed by atoms with Crippen molar-refractivity contribution in [1.82, 2.24) is 9.78 Å². The summed E-state index contributed by atoms with van der Waals surface area (Å²) < 4.78 is 1.80. The topological polar surface area (TPSA) is 67.3 Å². The predicted molar refractivity (Wildman–Crippen MR) is 64.4 cm³/mol. The molecule has 16 heavy (non-hydrogen) atoms. The Morgan fingerprint density at radius 2 is 2.19 bits per heavy atom. The fourth-order valence-corrected chi connectivity index (χ4v) is 2.28. The number of aromatic nitrogens is 2. The molecule has 90 valence electrons. The summed E-state index contributed by atoms with van der Waals surface area (Å²) in [7, 11) is 1.89. The van der Waals surface area contributed by atoms with Gasteiger partial charge in [-0.15, -0.1) is 0 Å². The lowest BCUT2D eigenvalue weighted by Crippen LogP contribution is -2.43. The molecule has 2 atom stereocenters. The van der Waals surface area contributed by atoms with Gasteiger partial charge in [-0.3, -0.25) is 4.68 Å². The first-order chi connectivity index (χ1) is 7.50. The van der Waals surface area contributed by atoms with Crippen LogP contribution in [-0.2, 0) is 7.05 Å². The van der Waals surface area contributed by atoms with Gasteiger partial charge >= 0.3 is 0 Å². The minimum Gasteiger partial charge on any atom is -0.394 e. The lowest BCUT2D eigenvalue weighted by Gasteiger charge is -2.35. The number of nitrogens with zero attached hydrogens (tertiary/aromatic N) is 3. The Balaban J connectivity index is 2.25. The first kappa shape index (κ1) is 11.3. The van der Waals surface area contributed by atoms with Gasteiger partial charge in [-0.2, -0.15) is 5.10 Å². The highest BCUT2D eigenvalue weighted by Gasteiger charge is 2.27. The molecule has 2 heterocycles. The molecular formula is C11H20N4O. The third-order valence-electron chi connectivity index (χ3n) is 3.46. The summed E-state index contributed by atoms with van der Waals surface area (Å²) >= 11 is 0. The van der Waals surface area contributed by atoms with Crippen molar-refractivity contribution in [2.45, 2.75) is 26.4 Å². The van der Waals surface area contributed by atoms with Crippen LogP contribution in [0.4, 0.5) is 11.5 Å². The molecule has 0 saturated carbocycles. The Bertz CT molecular complexity index is 388. The summed E-state index contributed by atoms with van der Waals surface area (Å²) in [5.74, 6) is 1.30. The summed E-state index contributed by atoms with van der Waals surface area (Å²) in [5.41, 5.74) is 7.59. The SMILES string of the molecule is Cc1nn(C)c(N2CCC(C)C(O)C2)c1N. The second-order valence-corrected chi connectivity index (χ2v) is 4.73. The largest absolute Gasteiger partial charge is 0.394 e. The van der Waals surface area contributed by atoms with E-state index in [1.807, 2.05) is 14.0 Å². The van der Waals surface area contributed by atoms with Gasteiger partial charge in [-0.1, -0.05) is 6.92 Å². The smallest absolute Gasteiger partial charge is 0.150 e. The Morgan fingerprint density at radius 3 is 2.69 bits per heavy atom. The average molecular weight is 224 g/mol. The summed E-state index contributed by atoms with van der Waals surface area (Å²) in [6.45, 7) is 5.56. The summed E-state index contributed by atoms with van der Waals surface area (Å²) in [5, 5.41) is 14.2. The average Bonchev–Trinajstić information content (AvgIpc) is 2.47. The van der Waals surface area contributed by atoms with Crippen LogP contribution in [-0.4, -0.2) is 34.1 Å². The summed E-state index contributed by atoms with van der Waals surface area (Å²) in [6, 6.07) is 0. The molecule has 0 radical (unpaired) electrons. The fourth-order valence-electron chi connectivity index (χ4n) is 2.28. The summed E-state index contributed by atoms with van der Waals surface area (Å²) in [6.07, 6.45) is 0.716. The van der Waals surface area contributed by atoms with Crippen molar-refractivity contribution in [1.29, 1.82) is 0 Å². The lowest BCUT2D eigenvalue weighted by atomic mass is 9.96. The Hall–Kier alpha value is -1.23. The van der Waals surface area contributed by atoms with Gasteiger partial charge in [-0.05, 0) is 19.3 Å². The second kappa shape index (κ2) is 3.97. The molecule has 5 nitrogen and oxygen atoms in total. The van der Waals surface area contributed by atoms with Crippen LogP contribution in [0.25, 0.3) is 0 Å². The maximum Gasteiger partial charge on any atom is 0.150 e. The van der Waals surface area contributed by atoms with Gasteiger partial charge in [0.15, 0.2) is 0 Å². The van der Waals surface area contributed by atoms with Crippen molar-refractivity contribution in [2.24, 2.45) is 13.0 Å². The van der Waals surface area contributed by atoms with Crippen molar-refractivity contribution in [3.05, 3.63) is 5.69 Å². The van der Waals surface area contributed by atoms with Gasteiger partial charge in [0.2, 0.25) is 0 Å². The molecule has 1 aliphatic heterocycles.